The van der Waals surface area contributed by atoms with Gasteiger partial charge in [-0.25, -0.2) is 13.2 Å². The van der Waals surface area contributed by atoms with Gasteiger partial charge in [-0.15, -0.1) is 0 Å². The Balaban J connectivity index is 2.05. The maximum Gasteiger partial charge on any atom is 0.338 e. The summed E-state index contributed by atoms with van der Waals surface area (Å²) in [5.41, 5.74) is 0.880. The minimum absolute atomic E-state index is 0.0257. The Morgan fingerprint density at radius 3 is 2.21 bits per heavy atom. The zero-order chi connectivity index (χ0) is 24.4. The lowest BCUT2D eigenvalue weighted by Crippen LogP contribution is -2.39. The minimum atomic E-state index is -4.10. The molecule has 0 aliphatic rings. The van der Waals surface area contributed by atoms with Crippen LogP contribution < -0.4 is 15.4 Å². The number of carbonyl (C=O) groups excluding carboxylic acids is 3. The van der Waals surface area contributed by atoms with Crippen LogP contribution in [-0.4, -0.2) is 50.4 Å². The molecular formula is C23H28N2O7S. The quantitative estimate of drug-likeness (QED) is 0.477. The highest BCUT2D eigenvalue weighted by atomic mass is 32.2. The SMILES string of the molecule is CCOC(=O)c1cccc(NC(=O)C(CC)S(=O)(=O)CC(=O)Nc2ccc(OCC)cc2)c1. The van der Waals surface area contributed by atoms with Gasteiger partial charge in [0.15, 0.2) is 9.84 Å². The van der Waals surface area contributed by atoms with Gasteiger partial charge in [0.05, 0.1) is 18.8 Å². The average molecular weight is 477 g/mol. The van der Waals surface area contributed by atoms with Crippen molar-refractivity contribution >= 4 is 39.0 Å². The molecule has 0 aliphatic heterocycles. The van der Waals surface area contributed by atoms with Crippen LogP contribution in [-0.2, 0) is 24.2 Å². The third-order valence-electron chi connectivity index (χ3n) is 4.52. The van der Waals surface area contributed by atoms with Crippen molar-refractivity contribution in [1.82, 2.24) is 0 Å². The number of anilines is 2. The first-order valence-electron chi connectivity index (χ1n) is 10.5. The predicted molar refractivity (Wildman–Crippen MR) is 125 cm³/mol. The van der Waals surface area contributed by atoms with Crippen LogP contribution in [0.15, 0.2) is 48.5 Å². The molecule has 0 bridgehead atoms. The number of hydrogen-bond donors (Lipinski definition) is 2. The number of benzene rings is 2. The molecule has 1 unspecified atom stereocenters. The number of esters is 1. The van der Waals surface area contributed by atoms with Gasteiger partial charge in [-0.05, 0) is 62.7 Å². The van der Waals surface area contributed by atoms with Crippen LogP contribution in [0.1, 0.15) is 37.6 Å². The summed E-state index contributed by atoms with van der Waals surface area (Å²) in [6, 6.07) is 12.5. The van der Waals surface area contributed by atoms with E-state index >= 15 is 0 Å². The Labute approximate surface area is 193 Å². The number of carbonyl (C=O) groups is 3. The molecule has 33 heavy (non-hydrogen) atoms. The second kappa shape index (κ2) is 12.0. The van der Waals surface area contributed by atoms with E-state index in [9.17, 15) is 22.8 Å². The van der Waals surface area contributed by atoms with Gasteiger partial charge in [0.25, 0.3) is 0 Å². The number of nitrogens with one attached hydrogen (secondary N) is 2. The molecule has 0 spiro atoms. The van der Waals surface area contributed by atoms with E-state index in [2.05, 4.69) is 10.6 Å². The van der Waals surface area contributed by atoms with Gasteiger partial charge in [0.1, 0.15) is 16.8 Å². The molecule has 2 aromatic rings. The molecule has 10 heteroatoms. The highest BCUT2D eigenvalue weighted by molar-refractivity contribution is 7.93. The van der Waals surface area contributed by atoms with Gasteiger partial charge in [0, 0.05) is 11.4 Å². The van der Waals surface area contributed by atoms with Crippen molar-refractivity contribution in [3.8, 4) is 5.75 Å². The molecule has 2 aromatic carbocycles. The predicted octanol–water partition coefficient (Wildman–Crippen LogP) is 3.03. The summed E-state index contributed by atoms with van der Waals surface area (Å²) in [6.07, 6.45) is -0.0257. The van der Waals surface area contributed by atoms with Crippen molar-refractivity contribution in [2.45, 2.75) is 32.4 Å². The maximum atomic E-state index is 12.8. The summed E-state index contributed by atoms with van der Waals surface area (Å²) in [7, 11) is -4.10. The molecule has 0 saturated carbocycles. The summed E-state index contributed by atoms with van der Waals surface area (Å²) in [6.45, 7) is 5.76. The van der Waals surface area contributed by atoms with Crippen LogP contribution in [0.4, 0.5) is 11.4 Å². The van der Waals surface area contributed by atoms with E-state index in [0.29, 0.717) is 18.0 Å². The topological polar surface area (TPSA) is 128 Å². The third kappa shape index (κ3) is 7.60. The molecule has 1 atom stereocenters. The standard InChI is InChI=1S/C23H28N2O7S/c1-4-20(22(27)25-18-9-7-8-16(14-18)23(28)32-6-3)33(29,30)15-21(26)24-17-10-12-19(13-11-17)31-5-2/h7-14,20H,4-6,15H2,1-3H3,(H,24,26)(H,25,27). The molecule has 0 heterocycles. The lowest BCUT2D eigenvalue weighted by molar-refractivity contribution is -0.115. The summed E-state index contributed by atoms with van der Waals surface area (Å²) in [5, 5.41) is 3.58. The van der Waals surface area contributed by atoms with Gasteiger partial charge in [-0.3, -0.25) is 9.59 Å². The largest absolute Gasteiger partial charge is 0.494 e. The molecule has 0 fully saturated rings. The first-order valence-corrected chi connectivity index (χ1v) is 12.2. The van der Waals surface area contributed by atoms with Crippen LogP contribution in [0.2, 0.25) is 0 Å². The molecule has 178 valence electrons. The fraction of sp³-hybridized carbons (Fsp3) is 0.348. The van der Waals surface area contributed by atoms with Crippen molar-refractivity contribution in [2.75, 3.05) is 29.6 Å². The number of rotatable bonds is 11. The van der Waals surface area contributed by atoms with E-state index < -0.39 is 38.6 Å². The molecule has 2 amide bonds. The molecule has 0 radical (unpaired) electrons. The first kappa shape index (κ1) is 25.9. The highest BCUT2D eigenvalue weighted by Crippen LogP contribution is 2.18. The normalized spacial score (nSPS) is 11.8. The second-order valence-electron chi connectivity index (χ2n) is 7.00. The van der Waals surface area contributed by atoms with E-state index in [4.69, 9.17) is 9.47 Å². The van der Waals surface area contributed by atoms with Crippen molar-refractivity contribution in [3.05, 3.63) is 54.1 Å². The molecule has 0 aromatic heterocycles. The minimum Gasteiger partial charge on any atom is -0.494 e. The van der Waals surface area contributed by atoms with E-state index in [1.165, 1.54) is 18.2 Å². The Bertz CT molecular complexity index is 1080. The van der Waals surface area contributed by atoms with E-state index in [-0.39, 0.29) is 24.3 Å². The van der Waals surface area contributed by atoms with Gasteiger partial charge in [-0.1, -0.05) is 13.0 Å². The molecule has 2 N–H and O–H groups in total. The first-order chi connectivity index (χ1) is 15.7. The fourth-order valence-electron chi connectivity index (χ4n) is 3.05. The number of ether oxygens (including phenoxy) is 2. The van der Waals surface area contributed by atoms with Crippen molar-refractivity contribution in [1.29, 1.82) is 0 Å². The van der Waals surface area contributed by atoms with E-state index in [1.54, 1.807) is 44.2 Å². The Hall–Kier alpha value is -3.40. The molecular weight excluding hydrogens is 448 g/mol. The van der Waals surface area contributed by atoms with Crippen LogP contribution in [0.25, 0.3) is 0 Å². The summed E-state index contributed by atoms with van der Waals surface area (Å²) < 4.78 is 35.8. The zero-order valence-electron chi connectivity index (χ0n) is 18.8. The highest BCUT2D eigenvalue weighted by Gasteiger charge is 2.33. The van der Waals surface area contributed by atoms with Crippen LogP contribution in [0.3, 0.4) is 0 Å². The smallest absolute Gasteiger partial charge is 0.338 e. The van der Waals surface area contributed by atoms with Crippen LogP contribution >= 0.6 is 0 Å². The summed E-state index contributed by atoms with van der Waals surface area (Å²) in [4.78, 5) is 36.9. The zero-order valence-corrected chi connectivity index (χ0v) is 19.6. The van der Waals surface area contributed by atoms with Crippen LogP contribution in [0.5, 0.6) is 5.75 Å². The molecule has 9 nitrogen and oxygen atoms in total. The number of amides is 2. The lowest BCUT2D eigenvalue weighted by Gasteiger charge is -2.16. The molecule has 2 rings (SSSR count). The number of sulfone groups is 1. The van der Waals surface area contributed by atoms with Crippen LogP contribution in [0, 0.1) is 0 Å². The Kier molecular flexibility index (Phi) is 9.41. The average Bonchev–Trinajstić information content (AvgIpc) is 2.75. The second-order valence-corrected chi connectivity index (χ2v) is 9.18. The van der Waals surface area contributed by atoms with Gasteiger partial charge in [0.2, 0.25) is 11.8 Å². The summed E-state index contributed by atoms with van der Waals surface area (Å²) >= 11 is 0. The molecule has 0 saturated heterocycles. The van der Waals surface area contributed by atoms with E-state index in [0.717, 1.165) is 0 Å². The van der Waals surface area contributed by atoms with Crippen molar-refractivity contribution in [3.63, 3.8) is 0 Å². The van der Waals surface area contributed by atoms with E-state index in [1.807, 2.05) is 6.92 Å². The fourth-order valence-corrected chi connectivity index (χ4v) is 4.58. The Morgan fingerprint density at radius 1 is 0.909 bits per heavy atom. The third-order valence-corrected chi connectivity index (χ3v) is 6.60. The van der Waals surface area contributed by atoms with Gasteiger partial charge < -0.3 is 20.1 Å². The molecule has 0 aliphatic carbocycles. The Morgan fingerprint density at radius 2 is 1.61 bits per heavy atom. The summed E-state index contributed by atoms with van der Waals surface area (Å²) in [5.74, 6) is -2.33. The maximum absolute atomic E-state index is 12.8. The van der Waals surface area contributed by atoms with Crippen molar-refractivity contribution in [2.24, 2.45) is 0 Å². The van der Waals surface area contributed by atoms with Gasteiger partial charge in [-0.2, -0.15) is 0 Å². The van der Waals surface area contributed by atoms with Crippen molar-refractivity contribution < 1.29 is 32.3 Å². The monoisotopic (exact) mass is 476 g/mol. The lowest BCUT2D eigenvalue weighted by atomic mass is 10.2. The van der Waals surface area contributed by atoms with Gasteiger partial charge >= 0.3 is 5.97 Å². The number of hydrogen-bond acceptors (Lipinski definition) is 7.